The van der Waals surface area contributed by atoms with Crippen molar-refractivity contribution in [3.05, 3.63) is 36.3 Å². The largest absolute Gasteiger partial charge is 0.424 e. The highest BCUT2D eigenvalue weighted by atomic mass is 16.5. The van der Waals surface area contributed by atoms with Crippen LogP contribution < -0.4 is 4.74 Å². The zero-order chi connectivity index (χ0) is 20.4. The smallest absolute Gasteiger partial charge is 0.308 e. The van der Waals surface area contributed by atoms with E-state index in [1.165, 1.54) is 6.92 Å². The van der Waals surface area contributed by atoms with Crippen LogP contribution in [0.15, 0.2) is 30.5 Å². The lowest BCUT2D eigenvalue weighted by molar-refractivity contribution is -0.131. The molecule has 0 amide bonds. The summed E-state index contributed by atoms with van der Waals surface area (Å²) >= 11 is 0. The van der Waals surface area contributed by atoms with Crippen molar-refractivity contribution in [1.29, 1.82) is 0 Å². The number of hydrogen-bond acceptors (Lipinski definition) is 5. The Hall–Kier alpha value is -2.93. The molecule has 4 rings (SSSR count). The van der Waals surface area contributed by atoms with Gasteiger partial charge >= 0.3 is 5.97 Å². The van der Waals surface area contributed by atoms with Gasteiger partial charge in [-0.15, -0.1) is 0 Å². The Bertz CT molecular complexity index is 1180. The molecule has 0 aliphatic carbocycles. The van der Waals surface area contributed by atoms with E-state index >= 15 is 0 Å². The predicted octanol–water partition coefficient (Wildman–Crippen LogP) is 4.28. The van der Waals surface area contributed by atoms with Gasteiger partial charge < -0.3 is 14.0 Å². The lowest BCUT2D eigenvalue weighted by Gasteiger charge is -2.07. The lowest BCUT2D eigenvalue weighted by atomic mass is 10.3. The van der Waals surface area contributed by atoms with Crippen molar-refractivity contribution in [3.8, 4) is 5.75 Å². The monoisotopic (exact) mass is 394 g/mol. The van der Waals surface area contributed by atoms with E-state index < -0.39 is 0 Å². The minimum atomic E-state index is -0.359. The second-order valence-corrected chi connectivity index (χ2v) is 7.22. The van der Waals surface area contributed by atoms with Gasteiger partial charge in [-0.1, -0.05) is 25.5 Å². The molecular weight excluding hydrogens is 368 g/mol. The first kappa shape index (κ1) is 19.4. The third-order valence-corrected chi connectivity index (χ3v) is 4.97. The normalized spacial score (nSPS) is 11.7. The molecule has 3 aromatic heterocycles. The number of imidazole rings is 1. The number of unbranched alkanes of at least 4 members (excludes halogenated alkanes) is 1. The number of aryl methyl sites for hydroxylation is 2. The zero-order valence-corrected chi connectivity index (χ0v) is 17.1. The molecule has 0 radical (unpaired) electrons. The molecule has 0 N–H and O–H groups in total. The standard InChI is InChI=1S/C22H26N4O3/c1-4-5-12-28-13-8-11-25-14-19(29-16(3)27)20-21(25)23-15(2)26-18-10-7-6-9-17(18)24-22(20)26/h6-7,9-10,14H,4-5,8,11-13H2,1-3H3. The Morgan fingerprint density at radius 1 is 1.10 bits per heavy atom. The quantitative estimate of drug-likeness (QED) is 0.330. The average Bonchev–Trinajstić information content (AvgIpc) is 3.23. The summed E-state index contributed by atoms with van der Waals surface area (Å²) in [5, 5.41) is 0.758. The van der Waals surface area contributed by atoms with Gasteiger partial charge in [0, 0.05) is 32.9 Å². The Morgan fingerprint density at radius 2 is 1.90 bits per heavy atom. The fourth-order valence-corrected chi connectivity index (χ4v) is 3.66. The van der Waals surface area contributed by atoms with E-state index in [-0.39, 0.29) is 5.97 Å². The highest BCUT2D eigenvalue weighted by Gasteiger charge is 2.20. The minimum Gasteiger partial charge on any atom is -0.424 e. The summed E-state index contributed by atoms with van der Waals surface area (Å²) in [7, 11) is 0. The van der Waals surface area contributed by atoms with E-state index in [1.54, 1.807) is 0 Å². The summed E-state index contributed by atoms with van der Waals surface area (Å²) in [4.78, 5) is 21.3. The molecule has 152 valence electrons. The van der Waals surface area contributed by atoms with Crippen molar-refractivity contribution in [3.63, 3.8) is 0 Å². The van der Waals surface area contributed by atoms with E-state index in [2.05, 4.69) is 6.92 Å². The van der Waals surface area contributed by atoms with Crippen LogP contribution in [0.1, 0.15) is 38.9 Å². The second-order valence-electron chi connectivity index (χ2n) is 7.22. The number of carbonyl (C=O) groups is 1. The molecule has 4 aromatic rings. The van der Waals surface area contributed by atoms with E-state index in [1.807, 2.05) is 46.4 Å². The number of esters is 1. The van der Waals surface area contributed by atoms with Gasteiger partial charge in [-0.3, -0.25) is 9.20 Å². The number of fused-ring (bicyclic) bond motifs is 5. The number of aromatic nitrogens is 4. The molecule has 0 bridgehead atoms. The van der Waals surface area contributed by atoms with Crippen molar-refractivity contribution in [2.75, 3.05) is 13.2 Å². The van der Waals surface area contributed by atoms with Crippen LogP contribution in [0, 0.1) is 6.92 Å². The third-order valence-electron chi connectivity index (χ3n) is 4.97. The highest BCUT2D eigenvalue weighted by molar-refractivity contribution is 6.00. The SMILES string of the molecule is CCCCOCCCn1cc(OC(C)=O)c2c1nc(C)n1c3ccccc3nc21. The lowest BCUT2D eigenvalue weighted by Crippen LogP contribution is -2.05. The first-order chi connectivity index (χ1) is 14.1. The van der Waals surface area contributed by atoms with Crippen LogP contribution in [0.2, 0.25) is 0 Å². The summed E-state index contributed by atoms with van der Waals surface area (Å²) in [6.07, 6.45) is 4.92. The van der Waals surface area contributed by atoms with Gasteiger partial charge in [0.2, 0.25) is 0 Å². The number of ether oxygens (including phenoxy) is 2. The number of rotatable bonds is 8. The summed E-state index contributed by atoms with van der Waals surface area (Å²) in [6.45, 7) is 7.74. The third kappa shape index (κ3) is 3.70. The topological polar surface area (TPSA) is 70.7 Å². The fraction of sp³-hybridized carbons (Fsp3) is 0.409. The Morgan fingerprint density at radius 3 is 2.69 bits per heavy atom. The van der Waals surface area contributed by atoms with Crippen LogP contribution in [0.25, 0.3) is 27.7 Å². The van der Waals surface area contributed by atoms with Crippen LogP contribution in [0.3, 0.4) is 0 Å². The van der Waals surface area contributed by atoms with Gasteiger partial charge in [0.25, 0.3) is 0 Å². The molecule has 29 heavy (non-hydrogen) atoms. The van der Waals surface area contributed by atoms with Crippen LogP contribution in [0.4, 0.5) is 0 Å². The van der Waals surface area contributed by atoms with E-state index in [4.69, 9.17) is 19.4 Å². The zero-order valence-electron chi connectivity index (χ0n) is 17.1. The Kier molecular flexibility index (Phi) is 5.49. The number of hydrogen-bond donors (Lipinski definition) is 0. The number of para-hydroxylation sites is 2. The minimum absolute atomic E-state index is 0.359. The van der Waals surface area contributed by atoms with Gasteiger partial charge in [0.1, 0.15) is 16.9 Å². The van der Waals surface area contributed by atoms with Crippen LogP contribution in [-0.4, -0.2) is 38.1 Å². The Balaban J connectivity index is 1.78. The number of carbonyl (C=O) groups excluding carboxylic acids is 1. The molecule has 1 aromatic carbocycles. The van der Waals surface area contributed by atoms with E-state index in [9.17, 15) is 4.79 Å². The maximum absolute atomic E-state index is 11.7. The molecule has 0 aliphatic rings. The number of benzene rings is 1. The second kappa shape index (κ2) is 8.21. The highest BCUT2D eigenvalue weighted by Crippen LogP contribution is 2.33. The maximum Gasteiger partial charge on any atom is 0.308 e. The summed E-state index contributed by atoms with van der Waals surface area (Å²) in [5.74, 6) is 0.975. The van der Waals surface area contributed by atoms with Gasteiger partial charge in [-0.2, -0.15) is 0 Å². The molecule has 7 nitrogen and oxygen atoms in total. The van der Waals surface area contributed by atoms with Crippen LogP contribution in [0.5, 0.6) is 5.75 Å². The van der Waals surface area contributed by atoms with Crippen molar-refractivity contribution < 1.29 is 14.3 Å². The molecule has 0 aliphatic heterocycles. The predicted molar refractivity (Wildman–Crippen MR) is 112 cm³/mol. The molecular formula is C22H26N4O3. The number of nitrogens with zero attached hydrogens (tertiary/aromatic N) is 4. The van der Waals surface area contributed by atoms with E-state index in [0.29, 0.717) is 12.4 Å². The molecule has 0 atom stereocenters. The molecule has 3 heterocycles. The molecule has 7 heteroatoms. The van der Waals surface area contributed by atoms with Crippen molar-refractivity contribution in [2.45, 2.75) is 46.6 Å². The molecule has 0 saturated heterocycles. The summed E-state index contributed by atoms with van der Waals surface area (Å²) < 4.78 is 15.3. The summed E-state index contributed by atoms with van der Waals surface area (Å²) in [6, 6.07) is 7.94. The van der Waals surface area contributed by atoms with Crippen molar-refractivity contribution in [2.24, 2.45) is 0 Å². The van der Waals surface area contributed by atoms with Gasteiger partial charge in [-0.05, 0) is 31.9 Å². The fourth-order valence-electron chi connectivity index (χ4n) is 3.66. The molecule has 0 fully saturated rings. The van der Waals surface area contributed by atoms with E-state index in [0.717, 1.165) is 66.0 Å². The first-order valence-electron chi connectivity index (χ1n) is 10.1. The van der Waals surface area contributed by atoms with Gasteiger partial charge in [-0.25, -0.2) is 9.97 Å². The average molecular weight is 394 g/mol. The van der Waals surface area contributed by atoms with Crippen molar-refractivity contribution in [1.82, 2.24) is 18.9 Å². The maximum atomic E-state index is 11.7. The Labute approximate surface area is 169 Å². The van der Waals surface area contributed by atoms with Crippen molar-refractivity contribution >= 4 is 33.7 Å². The van der Waals surface area contributed by atoms with Gasteiger partial charge in [0.05, 0.1) is 11.0 Å². The molecule has 0 unspecified atom stereocenters. The molecule has 0 spiro atoms. The van der Waals surface area contributed by atoms with Crippen LogP contribution in [-0.2, 0) is 16.1 Å². The van der Waals surface area contributed by atoms with Crippen LogP contribution >= 0.6 is 0 Å². The molecule has 0 saturated carbocycles. The van der Waals surface area contributed by atoms with Gasteiger partial charge in [0.15, 0.2) is 11.4 Å². The first-order valence-corrected chi connectivity index (χ1v) is 10.1. The summed E-state index contributed by atoms with van der Waals surface area (Å²) in [5.41, 5.74) is 3.40.